The Bertz CT molecular complexity index is 996. The van der Waals surface area contributed by atoms with Crippen LogP contribution in [0.5, 0.6) is 0 Å². The molecule has 150 valence electrons. The molecule has 0 spiro atoms. The number of esters is 1. The molecule has 2 heterocycles. The van der Waals surface area contributed by atoms with Crippen LogP contribution in [0.15, 0.2) is 47.4 Å². The summed E-state index contributed by atoms with van der Waals surface area (Å²) in [5, 5.41) is 4.26. The van der Waals surface area contributed by atoms with Crippen molar-refractivity contribution in [3.05, 3.63) is 69.8 Å². The number of fused-ring (bicyclic) bond motifs is 1. The predicted molar refractivity (Wildman–Crippen MR) is 111 cm³/mol. The minimum atomic E-state index is -0.333. The summed E-state index contributed by atoms with van der Waals surface area (Å²) in [6.07, 6.45) is 3.86. The van der Waals surface area contributed by atoms with Crippen molar-refractivity contribution >= 4 is 11.6 Å². The molecule has 0 atom stereocenters. The van der Waals surface area contributed by atoms with Crippen LogP contribution in [0, 0.1) is 0 Å². The Hall–Kier alpha value is -2.89. The molecule has 0 N–H and O–H groups in total. The van der Waals surface area contributed by atoms with Crippen molar-refractivity contribution in [3.8, 4) is 0 Å². The molecule has 1 aliphatic rings. The molecule has 3 aromatic rings. The molecule has 0 amide bonds. The SMILES string of the molecule is CC.CC.COC(=O)c1ccc(C2(c3ccn4c(=O)n(C)nc4c3)CC2)cc1. The summed E-state index contributed by atoms with van der Waals surface area (Å²) in [7, 11) is 3.02. The van der Waals surface area contributed by atoms with Gasteiger partial charge in [0.15, 0.2) is 5.65 Å². The van der Waals surface area contributed by atoms with E-state index in [0.717, 1.165) is 24.0 Å². The van der Waals surface area contributed by atoms with Crippen LogP contribution >= 0.6 is 0 Å². The van der Waals surface area contributed by atoms with Crippen LogP contribution in [0.1, 0.15) is 62.0 Å². The standard InChI is InChI=1S/C18H17N3O3.2C2H6/c1-20-17(23)21-10-7-14(11-15(21)19-20)18(8-9-18)13-5-3-12(4-6-13)16(22)24-2;2*1-2/h3-7,10-11H,8-9H2,1-2H3;2*1-2H3. The van der Waals surface area contributed by atoms with E-state index in [1.54, 1.807) is 29.8 Å². The van der Waals surface area contributed by atoms with Gasteiger partial charge in [-0.25, -0.2) is 14.3 Å². The Morgan fingerprint density at radius 1 is 1.04 bits per heavy atom. The minimum absolute atomic E-state index is 0.0516. The normalized spacial score (nSPS) is 13.6. The molecule has 0 radical (unpaired) electrons. The Labute approximate surface area is 165 Å². The first-order chi connectivity index (χ1) is 13.5. The molecule has 0 saturated heterocycles. The van der Waals surface area contributed by atoms with Crippen molar-refractivity contribution in [2.45, 2.75) is 46.0 Å². The number of hydrogen-bond donors (Lipinski definition) is 0. The minimum Gasteiger partial charge on any atom is -0.465 e. The van der Waals surface area contributed by atoms with E-state index < -0.39 is 0 Å². The average Bonchev–Trinajstić information content (AvgIpc) is 3.52. The van der Waals surface area contributed by atoms with Gasteiger partial charge in [0.05, 0.1) is 12.7 Å². The van der Waals surface area contributed by atoms with Crippen molar-refractivity contribution in [1.82, 2.24) is 14.2 Å². The van der Waals surface area contributed by atoms with Crippen molar-refractivity contribution < 1.29 is 9.53 Å². The van der Waals surface area contributed by atoms with E-state index in [9.17, 15) is 9.59 Å². The first kappa shape index (κ1) is 21.4. The maximum atomic E-state index is 11.9. The molecule has 6 heteroatoms. The molecule has 4 rings (SSSR count). The van der Waals surface area contributed by atoms with Crippen LogP contribution < -0.4 is 5.69 Å². The van der Waals surface area contributed by atoms with Gasteiger partial charge in [0.1, 0.15) is 0 Å². The van der Waals surface area contributed by atoms with Crippen molar-refractivity contribution in [3.63, 3.8) is 0 Å². The van der Waals surface area contributed by atoms with Crippen molar-refractivity contribution in [2.24, 2.45) is 7.05 Å². The molecular formula is C22H29N3O3. The van der Waals surface area contributed by atoms with Gasteiger partial charge in [0.2, 0.25) is 0 Å². The number of carbonyl (C=O) groups is 1. The van der Waals surface area contributed by atoms with Crippen LogP contribution in [0.2, 0.25) is 0 Å². The highest BCUT2D eigenvalue weighted by atomic mass is 16.5. The van der Waals surface area contributed by atoms with E-state index in [1.165, 1.54) is 11.8 Å². The molecule has 1 saturated carbocycles. The lowest BCUT2D eigenvalue weighted by atomic mass is 9.88. The van der Waals surface area contributed by atoms with Crippen LogP contribution in [-0.4, -0.2) is 27.3 Å². The molecule has 0 unspecified atom stereocenters. The highest BCUT2D eigenvalue weighted by molar-refractivity contribution is 5.89. The molecule has 1 fully saturated rings. The van der Waals surface area contributed by atoms with Gasteiger partial charge in [-0.1, -0.05) is 39.8 Å². The largest absolute Gasteiger partial charge is 0.465 e. The second-order valence-corrected chi connectivity index (χ2v) is 6.20. The Morgan fingerprint density at radius 2 is 1.64 bits per heavy atom. The monoisotopic (exact) mass is 383 g/mol. The predicted octanol–water partition coefficient (Wildman–Crippen LogP) is 3.95. The summed E-state index contributed by atoms with van der Waals surface area (Å²) in [5.74, 6) is -0.333. The summed E-state index contributed by atoms with van der Waals surface area (Å²) in [4.78, 5) is 23.5. The number of rotatable bonds is 3. The first-order valence-electron chi connectivity index (χ1n) is 9.80. The maximum Gasteiger partial charge on any atom is 0.350 e. The number of benzene rings is 1. The van der Waals surface area contributed by atoms with Crippen molar-refractivity contribution in [2.75, 3.05) is 7.11 Å². The van der Waals surface area contributed by atoms with E-state index in [-0.39, 0.29) is 17.1 Å². The van der Waals surface area contributed by atoms with Crippen molar-refractivity contribution in [1.29, 1.82) is 0 Å². The Balaban J connectivity index is 0.000000660. The number of aromatic nitrogens is 3. The number of pyridine rings is 1. The fourth-order valence-electron chi connectivity index (χ4n) is 3.29. The van der Waals surface area contributed by atoms with Gasteiger partial charge in [-0.05, 0) is 48.2 Å². The molecule has 1 aliphatic carbocycles. The van der Waals surface area contributed by atoms with E-state index >= 15 is 0 Å². The zero-order valence-electron chi connectivity index (χ0n) is 17.5. The van der Waals surface area contributed by atoms with E-state index in [2.05, 4.69) is 5.10 Å². The third-order valence-electron chi connectivity index (χ3n) is 4.83. The number of methoxy groups -OCH3 is 1. The summed E-state index contributed by atoms with van der Waals surface area (Å²) >= 11 is 0. The van der Waals surface area contributed by atoms with Gasteiger partial charge in [-0.2, -0.15) is 5.10 Å². The van der Waals surface area contributed by atoms with Gasteiger partial charge in [-0.15, -0.1) is 0 Å². The fourth-order valence-corrected chi connectivity index (χ4v) is 3.29. The van der Waals surface area contributed by atoms with Crippen LogP contribution in [0.4, 0.5) is 0 Å². The highest BCUT2D eigenvalue weighted by Gasteiger charge is 2.46. The molecule has 6 nitrogen and oxygen atoms in total. The average molecular weight is 383 g/mol. The van der Waals surface area contributed by atoms with Gasteiger partial charge < -0.3 is 4.74 Å². The van der Waals surface area contributed by atoms with E-state index in [0.29, 0.717) is 11.2 Å². The smallest absolute Gasteiger partial charge is 0.350 e. The van der Waals surface area contributed by atoms with Crippen LogP contribution in [-0.2, 0) is 17.2 Å². The van der Waals surface area contributed by atoms with E-state index in [4.69, 9.17) is 4.74 Å². The quantitative estimate of drug-likeness (QED) is 0.642. The van der Waals surface area contributed by atoms with Gasteiger partial charge in [0.25, 0.3) is 0 Å². The third-order valence-corrected chi connectivity index (χ3v) is 4.83. The second-order valence-electron chi connectivity index (χ2n) is 6.20. The fraction of sp³-hybridized carbons (Fsp3) is 0.409. The lowest BCUT2D eigenvalue weighted by Crippen LogP contribution is -2.17. The number of aryl methyl sites for hydroxylation is 1. The number of ether oxygens (including phenoxy) is 1. The summed E-state index contributed by atoms with van der Waals surface area (Å²) in [5.41, 5.74) is 3.30. The summed E-state index contributed by atoms with van der Waals surface area (Å²) < 4.78 is 7.62. The maximum absolute atomic E-state index is 11.9. The van der Waals surface area contributed by atoms with E-state index in [1.807, 2.05) is 52.0 Å². The molecular weight excluding hydrogens is 354 g/mol. The zero-order valence-corrected chi connectivity index (χ0v) is 17.5. The molecule has 0 aliphatic heterocycles. The first-order valence-corrected chi connectivity index (χ1v) is 9.80. The molecule has 2 aromatic heterocycles. The number of nitrogens with zero attached hydrogens (tertiary/aromatic N) is 3. The van der Waals surface area contributed by atoms with Gasteiger partial charge >= 0.3 is 11.7 Å². The second kappa shape index (κ2) is 8.87. The Kier molecular flexibility index (Phi) is 6.78. The highest BCUT2D eigenvalue weighted by Crippen LogP contribution is 2.53. The number of hydrogen-bond acceptors (Lipinski definition) is 4. The van der Waals surface area contributed by atoms with Crippen LogP contribution in [0.3, 0.4) is 0 Å². The van der Waals surface area contributed by atoms with Gasteiger partial charge in [-0.3, -0.25) is 4.40 Å². The van der Waals surface area contributed by atoms with Crippen LogP contribution in [0.25, 0.3) is 5.65 Å². The number of carbonyl (C=O) groups excluding carboxylic acids is 1. The Morgan fingerprint density at radius 3 is 2.18 bits per heavy atom. The summed E-state index contributed by atoms with van der Waals surface area (Å²) in [6, 6.07) is 11.5. The lowest BCUT2D eigenvalue weighted by molar-refractivity contribution is 0.0600. The third kappa shape index (κ3) is 3.72. The molecule has 1 aromatic carbocycles. The van der Waals surface area contributed by atoms with Gasteiger partial charge in [0, 0.05) is 18.7 Å². The molecule has 28 heavy (non-hydrogen) atoms. The summed E-state index contributed by atoms with van der Waals surface area (Å²) in [6.45, 7) is 8.00. The molecule has 0 bridgehead atoms. The lowest BCUT2D eigenvalue weighted by Gasteiger charge is -2.16. The zero-order chi connectivity index (χ0) is 20.9. The topological polar surface area (TPSA) is 65.6 Å².